The monoisotopic (exact) mass is 421 g/mol. The van der Waals surface area contributed by atoms with E-state index in [2.05, 4.69) is 6.58 Å². The van der Waals surface area contributed by atoms with Gasteiger partial charge in [0, 0.05) is 17.1 Å². The second kappa shape index (κ2) is 6.19. The van der Waals surface area contributed by atoms with Gasteiger partial charge in [0.25, 0.3) is 11.1 Å². The molecule has 1 aliphatic heterocycles. The summed E-state index contributed by atoms with van der Waals surface area (Å²) >= 11 is 8.70. The smallest absolute Gasteiger partial charge is 0.293 e. The third-order valence-corrected chi connectivity index (χ3v) is 4.48. The molecule has 0 aromatic heterocycles. The van der Waals surface area contributed by atoms with Crippen molar-refractivity contribution in [2.24, 2.45) is 0 Å². The zero-order chi connectivity index (χ0) is 14.9. The van der Waals surface area contributed by atoms with Crippen LogP contribution in [0.3, 0.4) is 0 Å². The number of phenols is 1. The second-order valence-corrected chi connectivity index (χ2v) is 6.50. The molecule has 0 saturated carbocycles. The molecule has 1 aromatic rings. The van der Waals surface area contributed by atoms with Crippen LogP contribution in [-0.2, 0) is 4.79 Å². The molecule has 104 valence electrons. The lowest BCUT2D eigenvalue weighted by atomic mass is 10.2. The van der Waals surface area contributed by atoms with E-state index in [1.54, 1.807) is 12.1 Å². The summed E-state index contributed by atoms with van der Waals surface area (Å²) in [6.45, 7) is 3.67. The third-order valence-electron chi connectivity index (χ3n) is 2.53. The molecule has 1 heterocycles. The van der Waals surface area contributed by atoms with Crippen LogP contribution < -0.4 is 0 Å². The van der Waals surface area contributed by atoms with E-state index in [9.17, 15) is 14.7 Å². The van der Waals surface area contributed by atoms with Gasteiger partial charge in [0.1, 0.15) is 5.75 Å². The average Bonchev–Trinajstić information content (AvgIpc) is 2.63. The van der Waals surface area contributed by atoms with E-state index in [4.69, 9.17) is 11.6 Å². The highest BCUT2D eigenvalue weighted by atomic mass is 127. The number of halogens is 2. The molecule has 7 heteroatoms. The van der Waals surface area contributed by atoms with Crippen LogP contribution in [0.2, 0.25) is 5.02 Å². The highest BCUT2D eigenvalue weighted by molar-refractivity contribution is 14.1. The first-order valence-electron chi connectivity index (χ1n) is 5.48. The van der Waals surface area contributed by atoms with Gasteiger partial charge in [-0.15, -0.1) is 6.58 Å². The van der Waals surface area contributed by atoms with E-state index in [0.717, 1.165) is 16.7 Å². The minimum absolute atomic E-state index is 0.0329. The molecule has 1 aliphatic rings. The Morgan fingerprint density at radius 1 is 1.45 bits per heavy atom. The van der Waals surface area contributed by atoms with Gasteiger partial charge in [-0.05, 0) is 52.6 Å². The number of carbonyl (C=O) groups is 2. The van der Waals surface area contributed by atoms with Crippen molar-refractivity contribution in [3.63, 3.8) is 0 Å². The number of hydrogen-bond donors (Lipinski definition) is 1. The van der Waals surface area contributed by atoms with Crippen LogP contribution in [-0.4, -0.2) is 27.7 Å². The summed E-state index contributed by atoms with van der Waals surface area (Å²) in [5, 5.41) is 10.1. The number of imide groups is 1. The summed E-state index contributed by atoms with van der Waals surface area (Å²) < 4.78 is 0.576. The normalized spacial score (nSPS) is 17.1. The Morgan fingerprint density at radius 2 is 2.15 bits per heavy atom. The molecular formula is C13H9ClINO3S. The predicted octanol–water partition coefficient (Wildman–Crippen LogP) is 3.87. The van der Waals surface area contributed by atoms with Crippen LogP contribution in [0.4, 0.5) is 4.79 Å². The summed E-state index contributed by atoms with van der Waals surface area (Å²) in [7, 11) is 0. The summed E-state index contributed by atoms with van der Waals surface area (Å²) in [4.78, 5) is 25.1. The highest BCUT2D eigenvalue weighted by Crippen LogP contribution is 2.36. The quantitative estimate of drug-likeness (QED) is 0.457. The summed E-state index contributed by atoms with van der Waals surface area (Å²) in [6.07, 6.45) is 2.95. The summed E-state index contributed by atoms with van der Waals surface area (Å²) in [6, 6.07) is 3.15. The molecular weight excluding hydrogens is 413 g/mol. The number of aromatic hydroxyl groups is 1. The fourth-order valence-electron chi connectivity index (χ4n) is 1.62. The number of benzene rings is 1. The van der Waals surface area contributed by atoms with Gasteiger partial charge in [0.2, 0.25) is 0 Å². The number of nitrogens with zero attached hydrogens (tertiary/aromatic N) is 1. The summed E-state index contributed by atoms with van der Waals surface area (Å²) in [5.74, 6) is -0.361. The van der Waals surface area contributed by atoms with Crippen LogP contribution in [0.25, 0.3) is 6.08 Å². The van der Waals surface area contributed by atoms with Crippen LogP contribution in [0.15, 0.2) is 29.7 Å². The van der Waals surface area contributed by atoms with E-state index >= 15 is 0 Å². The number of carbonyl (C=O) groups excluding carboxylic acids is 2. The molecule has 0 spiro atoms. The number of phenolic OH excluding ortho intramolecular Hbond substituents is 1. The van der Waals surface area contributed by atoms with Gasteiger partial charge in [-0.1, -0.05) is 17.7 Å². The second-order valence-electron chi connectivity index (χ2n) is 3.91. The number of hydrogen-bond acceptors (Lipinski definition) is 4. The average molecular weight is 422 g/mol. The largest absolute Gasteiger partial charge is 0.506 e. The van der Waals surface area contributed by atoms with Gasteiger partial charge in [0.05, 0.1) is 8.48 Å². The maximum atomic E-state index is 12.0. The van der Waals surface area contributed by atoms with Crippen LogP contribution in [0.1, 0.15) is 5.56 Å². The molecule has 1 saturated heterocycles. The van der Waals surface area contributed by atoms with Gasteiger partial charge in [-0.3, -0.25) is 14.5 Å². The van der Waals surface area contributed by atoms with Gasteiger partial charge in [0.15, 0.2) is 0 Å². The fourth-order valence-corrected chi connectivity index (χ4v) is 3.52. The lowest BCUT2D eigenvalue weighted by molar-refractivity contribution is -0.122. The first kappa shape index (κ1) is 15.4. The maximum Gasteiger partial charge on any atom is 0.293 e. The van der Waals surface area contributed by atoms with Crippen LogP contribution in [0, 0.1) is 3.57 Å². The Hall–Kier alpha value is -0.990. The molecule has 0 aliphatic carbocycles. The van der Waals surface area contributed by atoms with Crippen molar-refractivity contribution >= 4 is 63.2 Å². The molecule has 4 nitrogen and oxygen atoms in total. The van der Waals surface area contributed by atoms with Crippen LogP contribution in [0.5, 0.6) is 5.75 Å². The Morgan fingerprint density at radius 3 is 2.80 bits per heavy atom. The van der Waals surface area contributed by atoms with Crippen molar-refractivity contribution in [2.75, 3.05) is 6.54 Å². The molecule has 0 bridgehead atoms. The number of thioether (sulfide) groups is 1. The maximum absolute atomic E-state index is 12.0. The standard InChI is InChI=1S/C13H9ClINO3S/c1-2-3-16-12(18)10(20-13(16)19)5-7-4-8(14)6-9(15)11(7)17/h2,4-6,17H,1,3H2. The van der Waals surface area contributed by atoms with Gasteiger partial charge in [-0.2, -0.15) is 0 Å². The van der Waals surface area contributed by atoms with E-state index in [1.807, 2.05) is 22.6 Å². The molecule has 0 unspecified atom stereocenters. The first-order chi connectivity index (χ1) is 9.43. The summed E-state index contributed by atoms with van der Waals surface area (Å²) in [5.41, 5.74) is 0.408. The molecule has 1 N–H and O–H groups in total. The Kier molecular flexibility index (Phi) is 4.77. The van der Waals surface area contributed by atoms with Crippen molar-refractivity contribution < 1.29 is 14.7 Å². The molecule has 0 radical (unpaired) electrons. The number of rotatable bonds is 3. The Bertz CT molecular complexity index is 645. The molecule has 2 rings (SSSR count). The molecule has 2 amide bonds. The highest BCUT2D eigenvalue weighted by Gasteiger charge is 2.34. The van der Waals surface area contributed by atoms with E-state index < -0.39 is 5.91 Å². The Balaban J connectivity index is 2.40. The van der Waals surface area contributed by atoms with Crippen molar-refractivity contribution in [2.45, 2.75) is 0 Å². The van der Waals surface area contributed by atoms with Crippen LogP contribution >= 0.6 is 46.0 Å². The van der Waals surface area contributed by atoms with Crippen molar-refractivity contribution in [3.8, 4) is 5.75 Å². The first-order valence-corrected chi connectivity index (χ1v) is 7.75. The van der Waals surface area contributed by atoms with E-state index in [-0.39, 0.29) is 22.4 Å². The minimum atomic E-state index is -0.394. The topological polar surface area (TPSA) is 57.6 Å². The van der Waals surface area contributed by atoms with Gasteiger partial charge < -0.3 is 5.11 Å². The third kappa shape index (κ3) is 3.02. The Labute approximate surface area is 138 Å². The van der Waals surface area contributed by atoms with E-state index in [0.29, 0.717) is 14.2 Å². The van der Waals surface area contributed by atoms with Crippen molar-refractivity contribution in [1.29, 1.82) is 0 Å². The molecule has 1 fully saturated rings. The fraction of sp³-hybridized carbons (Fsp3) is 0.0769. The lowest BCUT2D eigenvalue weighted by Gasteiger charge is -2.08. The molecule has 1 aromatic carbocycles. The molecule has 0 atom stereocenters. The van der Waals surface area contributed by atoms with Gasteiger partial charge >= 0.3 is 0 Å². The number of amides is 2. The van der Waals surface area contributed by atoms with E-state index in [1.165, 1.54) is 12.2 Å². The lowest BCUT2D eigenvalue weighted by Crippen LogP contribution is -2.27. The predicted molar refractivity (Wildman–Crippen MR) is 88.7 cm³/mol. The zero-order valence-electron chi connectivity index (χ0n) is 10.1. The van der Waals surface area contributed by atoms with Crippen molar-refractivity contribution in [1.82, 2.24) is 4.90 Å². The minimum Gasteiger partial charge on any atom is -0.506 e. The molecule has 20 heavy (non-hydrogen) atoms. The van der Waals surface area contributed by atoms with Crippen molar-refractivity contribution in [3.05, 3.63) is 43.8 Å². The van der Waals surface area contributed by atoms with Gasteiger partial charge in [-0.25, -0.2) is 0 Å². The SMILES string of the molecule is C=CCN1C(=O)SC(=Cc2cc(Cl)cc(I)c2O)C1=O. The zero-order valence-corrected chi connectivity index (χ0v) is 13.8.